The van der Waals surface area contributed by atoms with Gasteiger partial charge in [0.1, 0.15) is 0 Å². The van der Waals surface area contributed by atoms with Gasteiger partial charge in [-0.1, -0.05) is 6.92 Å². The van der Waals surface area contributed by atoms with Crippen LogP contribution in [-0.4, -0.2) is 61.3 Å². The third kappa shape index (κ3) is 7.53. The summed E-state index contributed by atoms with van der Waals surface area (Å²) < 4.78 is 22.1. The Morgan fingerprint density at radius 3 is 2.35 bits per heavy atom. The average Bonchev–Trinajstić information content (AvgIpc) is 2.25. The topological polar surface area (TPSA) is 133 Å². The normalized spacial score (nSPS) is 12.8. The molecule has 0 saturated carbocycles. The van der Waals surface area contributed by atoms with E-state index in [4.69, 9.17) is 10.2 Å². The second-order valence-corrected chi connectivity index (χ2v) is 5.70. The van der Waals surface area contributed by atoms with Gasteiger partial charge >= 0.3 is 12.0 Å². The first-order valence-electron chi connectivity index (χ1n) is 4.91. The van der Waals surface area contributed by atoms with E-state index in [0.717, 1.165) is 0 Å². The summed E-state index contributed by atoms with van der Waals surface area (Å²) in [6, 6.07) is -0.725. The molecule has 0 fully saturated rings. The fourth-order valence-corrected chi connectivity index (χ4v) is 1.51. The number of carboxylic acids is 1. The van der Waals surface area contributed by atoms with Gasteiger partial charge in [0.2, 0.25) is 0 Å². The molecule has 0 rings (SSSR count). The Kier molecular flexibility index (Phi) is 6.51. The van der Waals surface area contributed by atoms with Crippen molar-refractivity contribution in [2.24, 2.45) is 0 Å². The molecule has 0 bridgehead atoms. The van der Waals surface area contributed by atoms with E-state index >= 15 is 0 Å². The van der Waals surface area contributed by atoms with Crippen LogP contribution in [0.15, 0.2) is 0 Å². The van der Waals surface area contributed by atoms with Crippen LogP contribution in [0.2, 0.25) is 0 Å². The van der Waals surface area contributed by atoms with Crippen molar-refractivity contribution < 1.29 is 28.2 Å². The van der Waals surface area contributed by atoms with Crippen molar-refractivity contribution in [2.75, 3.05) is 24.6 Å². The molecule has 9 heteroatoms. The van der Waals surface area contributed by atoms with Gasteiger partial charge in [0.05, 0.1) is 12.3 Å². The first-order chi connectivity index (χ1) is 7.78. The molecule has 100 valence electrons. The first-order valence-corrected chi connectivity index (χ1v) is 6.73. The number of carbonyl (C=O) groups excluding carboxylic acids is 1. The standard InChI is InChI=1S/C8H16N2O6S/c1-2-17(15,16)4-3-9-8(14)10-5-6(11)7(12)13/h6,11H,2-5H2,1H3,(H,12,13)(H2,9,10,14)/t6-/m0/s1. The van der Waals surface area contributed by atoms with Crippen LogP contribution < -0.4 is 10.6 Å². The lowest BCUT2D eigenvalue weighted by Gasteiger charge is -2.09. The Labute approximate surface area is 98.9 Å². The fraction of sp³-hybridized carbons (Fsp3) is 0.750. The van der Waals surface area contributed by atoms with Gasteiger partial charge in [-0.05, 0) is 0 Å². The van der Waals surface area contributed by atoms with Crippen LogP contribution in [0.3, 0.4) is 0 Å². The number of nitrogens with one attached hydrogen (secondary N) is 2. The third-order valence-electron chi connectivity index (χ3n) is 1.88. The number of hydrogen-bond donors (Lipinski definition) is 4. The molecule has 2 amide bonds. The number of urea groups is 1. The zero-order chi connectivity index (χ0) is 13.5. The predicted molar refractivity (Wildman–Crippen MR) is 59.4 cm³/mol. The zero-order valence-electron chi connectivity index (χ0n) is 9.34. The molecule has 8 nitrogen and oxygen atoms in total. The SMILES string of the molecule is CCS(=O)(=O)CCNC(=O)NC[C@H](O)C(=O)O. The molecule has 0 saturated heterocycles. The van der Waals surface area contributed by atoms with Gasteiger partial charge in [-0.15, -0.1) is 0 Å². The second-order valence-electron chi connectivity index (χ2n) is 3.23. The summed E-state index contributed by atoms with van der Waals surface area (Å²) in [5.74, 6) is -1.63. The monoisotopic (exact) mass is 268 g/mol. The van der Waals surface area contributed by atoms with E-state index in [1.807, 2.05) is 0 Å². The van der Waals surface area contributed by atoms with E-state index < -0.39 is 34.5 Å². The van der Waals surface area contributed by atoms with Gasteiger partial charge < -0.3 is 20.8 Å². The summed E-state index contributed by atoms with van der Waals surface area (Å²) in [6.07, 6.45) is -1.68. The number of aliphatic hydroxyl groups excluding tert-OH is 1. The van der Waals surface area contributed by atoms with Crippen LogP contribution >= 0.6 is 0 Å². The lowest BCUT2D eigenvalue weighted by atomic mass is 10.4. The molecule has 17 heavy (non-hydrogen) atoms. The number of hydrogen-bond acceptors (Lipinski definition) is 5. The number of rotatable bonds is 7. The molecule has 0 spiro atoms. The van der Waals surface area contributed by atoms with Gasteiger partial charge in [-0.25, -0.2) is 18.0 Å². The highest BCUT2D eigenvalue weighted by molar-refractivity contribution is 7.91. The van der Waals surface area contributed by atoms with Crippen LogP contribution in [-0.2, 0) is 14.6 Å². The quantitative estimate of drug-likeness (QED) is 0.429. The van der Waals surface area contributed by atoms with Crippen LogP contribution in [0.5, 0.6) is 0 Å². The molecule has 4 N–H and O–H groups in total. The number of aliphatic carboxylic acids is 1. The molecular weight excluding hydrogens is 252 g/mol. The summed E-state index contributed by atoms with van der Waals surface area (Å²) in [4.78, 5) is 21.2. The maximum absolute atomic E-state index is 11.0. The van der Waals surface area contributed by atoms with Crippen molar-refractivity contribution >= 4 is 21.8 Å². The van der Waals surface area contributed by atoms with Gasteiger partial charge in [-0.3, -0.25) is 0 Å². The molecule has 1 atom stereocenters. The van der Waals surface area contributed by atoms with Crippen molar-refractivity contribution in [3.05, 3.63) is 0 Å². The highest BCUT2D eigenvalue weighted by Gasteiger charge is 2.14. The highest BCUT2D eigenvalue weighted by atomic mass is 32.2. The first kappa shape index (κ1) is 15.7. The maximum atomic E-state index is 11.0. The Bertz CT molecular complexity index is 366. The molecule has 0 aromatic heterocycles. The minimum absolute atomic E-state index is 0.00593. The number of sulfone groups is 1. The zero-order valence-corrected chi connectivity index (χ0v) is 10.2. The van der Waals surface area contributed by atoms with Crippen molar-refractivity contribution in [3.63, 3.8) is 0 Å². The van der Waals surface area contributed by atoms with Crippen molar-refractivity contribution in [3.8, 4) is 0 Å². The summed E-state index contributed by atoms with van der Waals surface area (Å²) in [5, 5.41) is 21.5. The van der Waals surface area contributed by atoms with Crippen LogP contribution in [0.4, 0.5) is 4.79 Å². The maximum Gasteiger partial charge on any atom is 0.334 e. The van der Waals surface area contributed by atoms with Crippen molar-refractivity contribution in [1.29, 1.82) is 0 Å². The van der Waals surface area contributed by atoms with Gasteiger partial charge in [0.15, 0.2) is 15.9 Å². The predicted octanol–water partition coefficient (Wildman–Crippen LogP) is -1.83. The summed E-state index contributed by atoms with van der Waals surface area (Å²) in [5.41, 5.74) is 0. The van der Waals surface area contributed by atoms with Crippen LogP contribution in [0.25, 0.3) is 0 Å². The van der Waals surface area contributed by atoms with E-state index in [1.54, 1.807) is 0 Å². The number of aliphatic hydroxyl groups is 1. The van der Waals surface area contributed by atoms with E-state index in [2.05, 4.69) is 10.6 Å². The van der Waals surface area contributed by atoms with E-state index in [0.29, 0.717) is 0 Å². The minimum Gasteiger partial charge on any atom is -0.479 e. The number of carbonyl (C=O) groups is 2. The molecular formula is C8H16N2O6S. The number of amides is 2. The molecule has 0 aromatic rings. The average molecular weight is 268 g/mol. The smallest absolute Gasteiger partial charge is 0.334 e. The highest BCUT2D eigenvalue weighted by Crippen LogP contribution is 1.87. The minimum atomic E-state index is -3.15. The number of carboxylic acid groups (broad SMARTS) is 1. The van der Waals surface area contributed by atoms with Gasteiger partial charge in [-0.2, -0.15) is 0 Å². The lowest BCUT2D eigenvalue weighted by Crippen LogP contribution is -2.43. The molecule has 0 aliphatic rings. The van der Waals surface area contributed by atoms with E-state index in [9.17, 15) is 18.0 Å². The Balaban J connectivity index is 3.78. The molecule has 0 aliphatic carbocycles. The molecule has 0 unspecified atom stereocenters. The van der Waals surface area contributed by atoms with Crippen LogP contribution in [0, 0.1) is 0 Å². The van der Waals surface area contributed by atoms with Crippen molar-refractivity contribution in [1.82, 2.24) is 10.6 Å². The van der Waals surface area contributed by atoms with E-state index in [-0.39, 0.29) is 18.1 Å². The Morgan fingerprint density at radius 2 is 1.88 bits per heavy atom. The summed E-state index contributed by atoms with van der Waals surface area (Å²) in [7, 11) is -3.15. The lowest BCUT2D eigenvalue weighted by molar-refractivity contribution is -0.146. The molecule has 0 aliphatic heterocycles. The molecule has 0 heterocycles. The molecule has 0 radical (unpaired) electrons. The van der Waals surface area contributed by atoms with E-state index in [1.165, 1.54) is 6.92 Å². The Morgan fingerprint density at radius 1 is 1.29 bits per heavy atom. The van der Waals surface area contributed by atoms with Crippen molar-refractivity contribution in [2.45, 2.75) is 13.0 Å². The summed E-state index contributed by atoms with van der Waals surface area (Å²) in [6.45, 7) is 0.992. The third-order valence-corrected chi connectivity index (χ3v) is 3.59. The van der Waals surface area contributed by atoms with Gasteiger partial charge in [0.25, 0.3) is 0 Å². The Hall–Kier alpha value is -1.35. The largest absolute Gasteiger partial charge is 0.479 e. The van der Waals surface area contributed by atoms with Gasteiger partial charge in [0, 0.05) is 12.3 Å². The molecule has 0 aromatic carbocycles. The van der Waals surface area contributed by atoms with Crippen LogP contribution in [0.1, 0.15) is 6.92 Å². The fourth-order valence-electron chi connectivity index (χ4n) is 0.804. The second kappa shape index (κ2) is 7.07. The summed E-state index contributed by atoms with van der Waals surface area (Å²) >= 11 is 0.